The number of hydrogen-bond acceptors (Lipinski definition) is 5. The maximum atomic E-state index is 13.4. The lowest BCUT2D eigenvalue weighted by atomic mass is 9.97. The van der Waals surface area contributed by atoms with Crippen LogP contribution < -0.4 is 10.6 Å². The molecular formula is C33H37N3O5. The van der Waals surface area contributed by atoms with Crippen LogP contribution in [0.4, 0.5) is 4.79 Å². The highest BCUT2D eigenvalue weighted by molar-refractivity contribution is 5.91. The Morgan fingerprint density at radius 1 is 0.976 bits per heavy atom. The minimum absolute atomic E-state index is 0.0968. The first-order chi connectivity index (χ1) is 19.9. The Balaban J connectivity index is 1.23. The number of unbranched alkanes of at least 4 members (excludes halogenated alkanes) is 1. The van der Waals surface area contributed by atoms with Crippen molar-refractivity contribution in [3.63, 3.8) is 0 Å². The van der Waals surface area contributed by atoms with Gasteiger partial charge in [0, 0.05) is 25.6 Å². The summed E-state index contributed by atoms with van der Waals surface area (Å²) in [5.41, 5.74) is 4.14. The number of hydrogen-bond donors (Lipinski definition) is 3. The molecule has 1 fully saturated rings. The minimum atomic E-state index is -1.42. The second kappa shape index (κ2) is 12.6. The number of ether oxygens (including phenoxy) is 1. The maximum absolute atomic E-state index is 13.4. The predicted molar refractivity (Wildman–Crippen MR) is 156 cm³/mol. The third kappa shape index (κ3) is 6.28. The number of benzene rings is 3. The van der Waals surface area contributed by atoms with Gasteiger partial charge in [0.05, 0.1) is 0 Å². The molecule has 3 aromatic rings. The van der Waals surface area contributed by atoms with Gasteiger partial charge in [-0.05, 0) is 40.7 Å². The van der Waals surface area contributed by atoms with E-state index in [4.69, 9.17) is 4.74 Å². The van der Waals surface area contributed by atoms with Crippen LogP contribution in [0.25, 0.3) is 11.1 Å². The molecule has 2 aliphatic rings. The Kier molecular flexibility index (Phi) is 8.69. The molecule has 2 atom stereocenters. The first-order valence-electron chi connectivity index (χ1n) is 14.3. The SMILES string of the molecule is CCCC[C@H](NC(=O)OCC1c2ccccc2-c2ccccc21)C(=O)NC1(C(=O)O)CCN(Cc2ccccc2)C1. The first-order valence-corrected chi connectivity index (χ1v) is 14.3. The van der Waals surface area contributed by atoms with Crippen LogP contribution >= 0.6 is 0 Å². The Hall–Kier alpha value is -4.17. The van der Waals surface area contributed by atoms with Crippen molar-refractivity contribution >= 4 is 18.0 Å². The van der Waals surface area contributed by atoms with E-state index in [-0.39, 0.29) is 25.5 Å². The molecule has 8 nitrogen and oxygen atoms in total. The Labute approximate surface area is 240 Å². The molecule has 1 saturated heterocycles. The molecule has 1 heterocycles. The molecule has 214 valence electrons. The van der Waals surface area contributed by atoms with Crippen molar-refractivity contribution in [1.82, 2.24) is 15.5 Å². The highest BCUT2D eigenvalue weighted by atomic mass is 16.5. The van der Waals surface area contributed by atoms with Gasteiger partial charge in [-0.15, -0.1) is 0 Å². The van der Waals surface area contributed by atoms with Crippen molar-refractivity contribution in [3.05, 3.63) is 95.6 Å². The molecule has 0 aromatic heterocycles. The average molecular weight is 556 g/mol. The molecule has 0 spiro atoms. The summed E-state index contributed by atoms with van der Waals surface area (Å²) < 4.78 is 5.67. The largest absolute Gasteiger partial charge is 0.479 e. The van der Waals surface area contributed by atoms with Crippen LogP contribution in [-0.4, -0.2) is 59.3 Å². The summed E-state index contributed by atoms with van der Waals surface area (Å²) >= 11 is 0. The number of carboxylic acid groups (broad SMARTS) is 1. The summed E-state index contributed by atoms with van der Waals surface area (Å²) in [5.74, 6) is -1.67. The minimum Gasteiger partial charge on any atom is -0.479 e. The molecule has 3 N–H and O–H groups in total. The lowest BCUT2D eigenvalue weighted by molar-refractivity contribution is -0.147. The van der Waals surface area contributed by atoms with E-state index in [0.29, 0.717) is 25.9 Å². The number of amides is 2. The number of fused-ring (bicyclic) bond motifs is 3. The van der Waals surface area contributed by atoms with Crippen molar-refractivity contribution in [3.8, 4) is 11.1 Å². The Bertz CT molecular complexity index is 1350. The fourth-order valence-electron chi connectivity index (χ4n) is 5.98. The highest BCUT2D eigenvalue weighted by Gasteiger charge is 2.47. The van der Waals surface area contributed by atoms with Crippen LogP contribution in [-0.2, 0) is 20.9 Å². The van der Waals surface area contributed by atoms with Gasteiger partial charge in [0.25, 0.3) is 0 Å². The number of alkyl carbamates (subject to hydrolysis) is 1. The summed E-state index contributed by atoms with van der Waals surface area (Å²) in [7, 11) is 0. The number of carbonyl (C=O) groups is 3. The van der Waals surface area contributed by atoms with Crippen LogP contribution in [0.3, 0.4) is 0 Å². The van der Waals surface area contributed by atoms with Gasteiger partial charge < -0.3 is 20.5 Å². The van der Waals surface area contributed by atoms with Crippen LogP contribution in [0, 0.1) is 0 Å². The number of nitrogens with zero attached hydrogens (tertiary/aromatic N) is 1. The molecule has 0 saturated carbocycles. The molecule has 0 radical (unpaired) electrons. The average Bonchev–Trinajstić information content (AvgIpc) is 3.54. The van der Waals surface area contributed by atoms with Crippen molar-refractivity contribution in [1.29, 1.82) is 0 Å². The topological polar surface area (TPSA) is 108 Å². The lowest BCUT2D eigenvalue weighted by Crippen LogP contribution is -2.60. The zero-order valence-electron chi connectivity index (χ0n) is 23.3. The van der Waals surface area contributed by atoms with Gasteiger partial charge in [-0.25, -0.2) is 9.59 Å². The highest BCUT2D eigenvalue weighted by Crippen LogP contribution is 2.44. The number of likely N-dealkylation sites (tertiary alicyclic amines) is 1. The summed E-state index contributed by atoms with van der Waals surface area (Å²) in [6.07, 6.45) is 1.50. The van der Waals surface area contributed by atoms with Crippen molar-refractivity contribution < 1.29 is 24.2 Å². The van der Waals surface area contributed by atoms with Gasteiger partial charge >= 0.3 is 12.1 Å². The summed E-state index contributed by atoms with van der Waals surface area (Å²) in [6.45, 7) is 3.47. The quantitative estimate of drug-likeness (QED) is 0.310. The molecule has 0 bridgehead atoms. The summed E-state index contributed by atoms with van der Waals surface area (Å²) in [6, 6.07) is 25.1. The number of rotatable bonds is 11. The number of carboxylic acids is 1. The molecule has 1 unspecified atom stereocenters. The van der Waals surface area contributed by atoms with E-state index in [1.54, 1.807) is 0 Å². The van der Waals surface area contributed by atoms with E-state index >= 15 is 0 Å². The third-order valence-corrected chi connectivity index (χ3v) is 8.17. The van der Waals surface area contributed by atoms with Crippen molar-refractivity contribution in [2.75, 3.05) is 19.7 Å². The molecule has 41 heavy (non-hydrogen) atoms. The number of aliphatic carboxylic acids is 1. The van der Waals surface area contributed by atoms with Crippen LogP contribution in [0.1, 0.15) is 55.2 Å². The van der Waals surface area contributed by atoms with E-state index in [2.05, 4.69) is 22.8 Å². The van der Waals surface area contributed by atoms with Crippen LogP contribution in [0.2, 0.25) is 0 Å². The second-order valence-corrected chi connectivity index (χ2v) is 11.0. The van der Waals surface area contributed by atoms with Gasteiger partial charge in [-0.1, -0.05) is 98.6 Å². The van der Waals surface area contributed by atoms with E-state index in [0.717, 1.165) is 34.2 Å². The smallest absolute Gasteiger partial charge is 0.407 e. The van der Waals surface area contributed by atoms with Gasteiger partial charge in [0.15, 0.2) is 5.54 Å². The van der Waals surface area contributed by atoms with E-state index in [1.807, 2.05) is 78.6 Å². The van der Waals surface area contributed by atoms with Gasteiger partial charge in [-0.3, -0.25) is 9.69 Å². The first kappa shape index (κ1) is 28.4. The number of nitrogens with one attached hydrogen (secondary N) is 2. The fraction of sp³-hybridized carbons (Fsp3) is 0.364. The Morgan fingerprint density at radius 3 is 2.24 bits per heavy atom. The molecule has 2 amide bonds. The standard InChI is InChI=1S/C33H37N3O5/c1-2-3-17-29(30(37)35-33(31(38)39)18-19-36(22-33)20-23-11-5-4-6-12-23)34-32(40)41-21-28-26-15-9-7-13-24(26)25-14-8-10-16-27(25)28/h4-16,28-29H,2-3,17-22H2,1H3,(H,34,40)(H,35,37)(H,38,39)/t29-,33?/m0/s1. The molecular weight excluding hydrogens is 518 g/mol. The van der Waals surface area contributed by atoms with Crippen LogP contribution in [0.5, 0.6) is 0 Å². The molecule has 5 rings (SSSR count). The predicted octanol–water partition coefficient (Wildman–Crippen LogP) is 4.93. The maximum Gasteiger partial charge on any atom is 0.407 e. The zero-order valence-corrected chi connectivity index (χ0v) is 23.3. The van der Waals surface area contributed by atoms with Gasteiger partial charge in [-0.2, -0.15) is 0 Å². The Morgan fingerprint density at radius 2 is 1.61 bits per heavy atom. The van der Waals surface area contributed by atoms with E-state index in [1.165, 1.54) is 0 Å². The zero-order chi connectivity index (χ0) is 28.8. The lowest BCUT2D eigenvalue weighted by Gasteiger charge is -2.29. The monoisotopic (exact) mass is 555 g/mol. The third-order valence-electron chi connectivity index (χ3n) is 8.17. The normalized spacial score (nSPS) is 18.8. The summed E-state index contributed by atoms with van der Waals surface area (Å²) in [4.78, 5) is 40.9. The van der Waals surface area contributed by atoms with Crippen molar-refractivity contribution in [2.24, 2.45) is 0 Å². The second-order valence-electron chi connectivity index (χ2n) is 11.0. The molecule has 1 aliphatic carbocycles. The van der Waals surface area contributed by atoms with E-state index < -0.39 is 29.6 Å². The molecule has 8 heteroatoms. The van der Waals surface area contributed by atoms with Crippen LogP contribution in [0.15, 0.2) is 78.9 Å². The van der Waals surface area contributed by atoms with Gasteiger partial charge in [0.2, 0.25) is 5.91 Å². The van der Waals surface area contributed by atoms with Crippen molar-refractivity contribution in [2.45, 2.75) is 56.7 Å². The van der Waals surface area contributed by atoms with E-state index in [9.17, 15) is 19.5 Å². The fourth-order valence-corrected chi connectivity index (χ4v) is 5.98. The van der Waals surface area contributed by atoms with Gasteiger partial charge in [0.1, 0.15) is 12.6 Å². The number of carbonyl (C=O) groups excluding carboxylic acids is 2. The molecule has 3 aromatic carbocycles. The summed E-state index contributed by atoms with van der Waals surface area (Å²) in [5, 5.41) is 15.7. The molecule has 1 aliphatic heterocycles.